The fourth-order valence-corrected chi connectivity index (χ4v) is 2.52. The summed E-state index contributed by atoms with van der Waals surface area (Å²) in [5.41, 5.74) is 1.18. The largest absolute Gasteiger partial charge is 0.297 e. The van der Waals surface area contributed by atoms with Crippen molar-refractivity contribution in [2.24, 2.45) is 5.92 Å². The molecule has 1 aliphatic rings. The lowest BCUT2D eigenvalue weighted by atomic mass is 9.94. The molecule has 0 aliphatic carbocycles. The number of pyridine rings is 1. The summed E-state index contributed by atoms with van der Waals surface area (Å²) in [6, 6.07) is 4.18. The first-order valence-electron chi connectivity index (χ1n) is 6.10. The lowest BCUT2D eigenvalue weighted by Crippen LogP contribution is -2.33. The molecule has 2 rings (SSSR count). The van der Waals surface area contributed by atoms with Crippen LogP contribution in [0.4, 0.5) is 0 Å². The Kier molecular flexibility index (Phi) is 4.36. The summed E-state index contributed by atoms with van der Waals surface area (Å²) < 4.78 is 1.06. The summed E-state index contributed by atoms with van der Waals surface area (Å²) in [5.74, 6) is 0.953. The van der Waals surface area contributed by atoms with Crippen LogP contribution in [0.3, 0.4) is 0 Å². The third-order valence-corrected chi connectivity index (χ3v) is 3.93. The van der Waals surface area contributed by atoms with E-state index in [1.165, 1.54) is 38.0 Å². The van der Waals surface area contributed by atoms with E-state index >= 15 is 0 Å². The van der Waals surface area contributed by atoms with Gasteiger partial charge in [-0.3, -0.25) is 9.88 Å². The van der Waals surface area contributed by atoms with Gasteiger partial charge in [0, 0.05) is 17.2 Å². The van der Waals surface area contributed by atoms with Gasteiger partial charge < -0.3 is 0 Å². The van der Waals surface area contributed by atoms with Gasteiger partial charge in [-0.05, 0) is 59.9 Å². The monoisotopic (exact) mass is 282 g/mol. The van der Waals surface area contributed by atoms with Crippen LogP contribution in [0.1, 0.15) is 31.9 Å². The van der Waals surface area contributed by atoms with Crippen molar-refractivity contribution < 1.29 is 0 Å². The normalized spacial score (nSPS) is 18.9. The summed E-state index contributed by atoms with van der Waals surface area (Å²) in [5, 5.41) is 0. The maximum atomic E-state index is 4.42. The van der Waals surface area contributed by atoms with Gasteiger partial charge in [-0.1, -0.05) is 13.3 Å². The molecule has 0 bridgehead atoms. The Morgan fingerprint density at radius 2 is 2.12 bits per heavy atom. The van der Waals surface area contributed by atoms with Crippen molar-refractivity contribution in [3.63, 3.8) is 0 Å². The molecule has 1 saturated heterocycles. The first kappa shape index (κ1) is 12.1. The van der Waals surface area contributed by atoms with Crippen LogP contribution >= 0.6 is 15.9 Å². The zero-order valence-corrected chi connectivity index (χ0v) is 11.4. The van der Waals surface area contributed by atoms with Crippen molar-refractivity contribution in [2.75, 3.05) is 13.1 Å². The number of aromatic nitrogens is 1. The number of rotatable bonds is 3. The SMILES string of the molecule is CCC1CCN(Cc2ccc(Br)cn2)CC1. The van der Waals surface area contributed by atoms with Crippen LogP contribution in [0.15, 0.2) is 22.8 Å². The van der Waals surface area contributed by atoms with Gasteiger partial charge in [0.05, 0.1) is 5.69 Å². The second kappa shape index (κ2) is 5.78. The minimum Gasteiger partial charge on any atom is -0.297 e. The highest BCUT2D eigenvalue weighted by molar-refractivity contribution is 9.10. The standard InChI is InChI=1S/C13H19BrN2/c1-2-11-5-7-16(8-6-11)10-13-4-3-12(14)9-15-13/h3-4,9,11H,2,5-8,10H2,1H3. The molecule has 1 aliphatic heterocycles. The fraction of sp³-hybridized carbons (Fsp3) is 0.615. The Balaban J connectivity index is 1.84. The van der Waals surface area contributed by atoms with E-state index in [0.29, 0.717) is 0 Å². The zero-order chi connectivity index (χ0) is 11.4. The maximum Gasteiger partial charge on any atom is 0.0544 e. The number of likely N-dealkylation sites (tertiary alicyclic amines) is 1. The van der Waals surface area contributed by atoms with Gasteiger partial charge in [-0.25, -0.2) is 0 Å². The maximum absolute atomic E-state index is 4.42. The Labute approximate surface area is 106 Å². The summed E-state index contributed by atoms with van der Waals surface area (Å²) in [6.45, 7) is 5.77. The average Bonchev–Trinajstić information content (AvgIpc) is 2.33. The topological polar surface area (TPSA) is 16.1 Å². The van der Waals surface area contributed by atoms with Crippen LogP contribution in [0.25, 0.3) is 0 Å². The molecule has 2 nitrogen and oxygen atoms in total. The molecule has 2 heterocycles. The van der Waals surface area contributed by atoms with E-state index in [2.05, 4.69) is 44.9 Å². The van der Waals surface area contributed by atoms with Crippen molar-refractivity contribution >= 4 is 15.9 Å². The van der Waals surface area contributed by atoms with E-state index in [4.69, 9.17) is 0 Å². The van der Waals surface area contributed by atoms with Crippen molar-refractivity contribution in [3.05, 3.63) is 28.5 Å². The Morgan fingerprint density at radius 1 is 1.38 bits per heavy atom. The van der Waals surface area contributed by atoms with Gasteiger partial charge in [0.1, 0.15) is 0 Å². The number of hydrogen-bond acceptors (Lipinski definition) is 2. The third kappa shape index (κ3) is 3.29. The van der Waals surface area contributed by atoms with E-state index in [-0.39, 0.29) is 0 Å². The quantitative estimate of drug-likeness (QED) is 0.844. The molecule has 0 amide bonds. The fourth-order valence-electron chi connectivity index (χ4n) is 2.28. The van der Waals surface area contributed by atoms with E-state index in [9.17, 15) is 0 Å². The molecule has 16 heavy (non-hydrogen) atoms. The van der Waals surface area contributed by atoms with Gasteiger partial charge in [-0.15, -0.1) is 0 Å². The smallest absolute Gasteiger partial charge is 0.0544 e. The highest BCUT2D eigenvalue weighted by Gasteiger charge is 2.17. The first-order valence-corrected chi connectivity index (χ1v) is 6.90. The molecule has 0 saturated carbocycles. The molecule has 0 atom stereocenters. The van der Waals surface area contributed by atoms with Crippen molar-refractivity contribution in [1.82, 2.24) is 9.88 Å². The van der Waals surface area contributed by atoms with E-state index in [1.807, 2.05) is 6.20 Å². The van der Waals surface area contributed by atoms with Crippen LogP contribution in [0.2, 0.25) is 0 Å². The highest BCUT2D eigenvalue weighted by Crippen LogP contribution is 2.21. The van der Waals surface area contributed by atoms with E-state index < -0.39 is 0 Å². The van der Waals surface area contributed by atoms with Crippen LogP contribution in [-0.2, 0) is 6.54 Å². The van der Waals surface area contributed by atoms with Crippen LogP contribution in [0, 0.1) is 5.92 Å². The number of hydrogen-bond donors (Lipinski definition) is 0. The van der Waals surface area contributed by atoms with Crippen molar-refractivity contribution in [1.29, 1.82) is 0 Å². The minimum absolute atomic E-state index is 0.953. The first-order chi connectivity index (χ1) is 7.78. The molecule has 0 spiro atoms. The molecular weight excluding hydrogens is 264 g/mol. The molecule has 1 fully saturated rings. The molecular formula is C13H19BrN2. The predicted octanol–water partition coefficient (Wildman–Crippen LogP) is 3.47. The van der Waals surface area contributed by atoms with Crippen LogP contribution < -0.4 is 0 Å². The number of halogens is 1. The Morgan fingerprint density at radius 3 is 2.69 bits per heavy atom. The highest BCUT2D eigenvalue weighted by atomic mass is 79.9. The van der Waals surface area contributed by atoms with Gasteiger partial charge in [0.25, 0.3) is 0 Å². The van der Waals surface area contributed by atoms with Gasteiger partial charge in [-0.2, -0.15) is 0 Å². The number of piperidine rings is 1. The van der Waals surface area contributed by atoms with Gasteiger partial charge in [0.15, 0.2) is 0 Å². The summed E-state index contributed by atoms with van der Waals surface area (Å²) in [7, 11) is 0. The summed E-state index contributed by atoms with van der Waals surface area (Å²) in [6.07, 6.45) is 5.93. The molecule has 1 aromatic heterocycles. The molecule has 0 aromatic carbocycles. The molecule has 88 valence electrons. The van der Waals surface area contributed by atoms with Crippen molar-refractivity contribution in [2.45, 2.75) is 32.7 Å². The van der Waals surface area contributed by atoms with E-state index in [0.717, 1.165) is 16.9 Å². The Hall–Kier alpha value is -0.410. The summed E-state index contributed by atoms with van der Waals surface area (Å²) >= 11 is 3.41. The third-order valence-electron chi connectivity index (χ3n) is 3.46. The van der Waals surface area contributed by atoms with Gasteiger partial charge >= 0.3 is 0 Å². The number of nitrogens with zero attached hydrogens (tertiary/aromatic N) is 2. The zero-order valence-electron chi connectivity index (χ0n) is 9.82. The Bertz CT molecular complexity index is 315. The second-order valence-electron chi connectivity index (χ2n) is 4.60. The predicted molar refractivity (Wildman–Crippen MR) is 70.2 cm³/mol. The molecule has 0 radical (unpaired) electrons. The molecule has 1 aromatic rings. The van der Waals surface area contributed by atoms with Crippen LogP contribution in [-0.4, -0.2) is 23.0 Å². The lowest BCUT2D eigenvalue weighted by molar-refractivity contribution is 0.173. The minimum atomic E-state index is 0.953. The molecule has 3 heteroatoms. The van der Waals surface area contributed by atoms with E-state index in [1.54, 1.807) is 0 Å². The molecule has 0 unspecified atom stereocenters. The van der Waals surface area contributed by atoms with Crippen molar-refractivity contribution in [3.8, 4) is 0 Å². The molecule has 0 N–H and O–H groups in total. The van der Waals surface area contributed by atoms with Crippen LogP contribution in [0.5, 0.6) is 0 Å². The average molecular weight is 283 g/mol. The van der Waals surface area contributed by atoms with Gasteiger partial charge in [0.2, 0.25) is 0 Å². The summed E-state index contributed by atoms with van der Waals surface area (Å²) in [4.78, 5) is 6.94. The second-order valence-corrected chi connectivity index (χ2v) is 5.51. The lowest BCUT2D eigenvalue weighted by Gasteiger charge is -2.31.